The van der Waals surface area contributed by atoms with Crippen LogP contribution < -0.4 is 11.1 Å². The van der Waals surface area contributed by atoms with Gasteiger partial charge in [-0.25, -0.2) is 0 Å². The van der Waals surface area contributed by atoms with Gasteiger partial charge in [0.05, 0.1) is 0 Å². The van der Waals surface area contributed by atoms with Gasteiger partial charge in [-0.3, -0.25) is 9.69 Å². The van der Waals surface area contributed by atoms with Crippen molar-refractivity contribution >= 4 is 5.91 Å². The van der Waals surface area contributed by atoms with Crippen molar-refractivity contribution in [3.63, 3.8) is 0 Å². The first-order valence-corrected chi connectivity index (χ1v) is 9.96. The summed E-state index contributed by atoms with van der Waals surface area (Å²) < 4.78 is 0. The summed E-state index contributed by atoms with van der Waals surface area (Å²) in [6, 6.07) is 1.08. The van der Waals surface area contributed by atoms with Crippen LogP contribution in [-0.2, 0) is 4.79 Å². The van der Waals surface area contributed by atoms with Gasteiger partial charge in [-0.05, 0) is 63.3 Å². The second kappa shape index (κ2) is 7.98. The predicted octanol–water partition coefficient (Wildman–Crippen LogP) is 2.52. The molecule has 0 spiro atoms. The van der Waals surface area contributed by atoms with Gasteiger partial charge in [0.25, 0.3) is 0 Å². The number of carbonyl (C=O) groups is 1. The molecule has 3 rings (SSSR count). The highest BCUT2D eigenvalue weighted by Crippen LogP contribution is 2.41. The van der Waals surface area contributed by atoms with Crippen molar-refractivity contribution in [2.45, 2.75) is 76.8 Å². The van der Waals surface area contributed by atoms with Crippen LogP contribution in [0.15, 0.2) is 0 Å². The lowest BCUT2D eigenvalue weighted by atomic mass is 9.65. The molecule has 2 bridgehead atoms. The number of nitrogens with one attached hydrogen (secondary N) is 1. The molecule has 4 nitrogen and oxygen atoms in total. The summed E-state index contributed by atoms with van der Waals surface area (Å²) >= 11 is 0. The van der Waals surface area contributed by atoms with Gasteiger partial charge in [-0.2, -0.15) is 0 Å². The third-order valence-electron chi connectivity index (χ3n) is 6.70. The maximum atomic E-state index is 12.6. The Balaban J connectivity index is 1.43. The number of piperidine rings is 1. The number of hydrogen-bond donors (Lipinski definition) is 2. The van der Waals surface area contributed by atoms with Crippen LogP contribution in [0.1, 0.15) is 64.7 Å². The molecule has 3 unspecified atom stereocenters. The van der Waals surface area contributed by atoms with Gasteiger partial charge in [0.1, 0.15) is 0 Å². The monoisotopic (exact) mass is 321 g/mol. The molecule has 1 amide bonds. The van der Waals surface area contributed by atoms with Crippen LogP contribution in [0.4, 0.5) is 0 Å². The highest BCUT2D eigenvalue weighted by Gasteiger charge is 2.40. The van der Waals surface area contributed by atoms with E-state index < -0.39 is 0 Å². The first-order valence-electron chi connectivity index (χ1n) is 9.96. The van der Waals surface area contributed by atoms with E-state index in [-0.39, 0.29) is 5.92 Å². The molecule has 1 aliphatic heterocycles. The number of likely N-dealkylation sites (tertiary alicyclic amines) is 1. The Bertz CT molecular complexity index is 386. The number of amides is 1. The molecule has 4 heteroatoms. The van der Waals surface area contributed by atoms with Crippen molar-refractivity contribution in [3.05, 3.63) is 0 Å². The molecule has 23 heavy (non-hydrogen) atoms. The molecule has 3 aliphatic rings. The van der Waals surface area contributed by atoms with Gasteiger partial charge in [0.15, 0.2) is 0 Å². The fourth-order valence-corrected chi connectivity index (χ4v) is 5.29. The number of fused-ring (bicyclic) bond motifs is 2. The van der Waals surface area contributed by atoms with Crippen molar-refractivity contribution in [2.24, 2.45) is 23.5 Å². The largest absolute Gasteiger partial charge is 0.355 e. The van der Waals surface area contributed by atoms with Crippen LogP contribution >= 0.6 is 0 Å². The highest BCUT2D eigenvalue weighted by molar-refractivity contribution is 5.78. The second-order valence-electron chi connectivity index (χ2n) is 8.08. The van der Waals surface area contributed by atoms with Gasteiger partial charge in [-0.15, -0.1) is 0 Å². The summed E-state index contributed by atoms with van der Waals surface area (Å²) in [6.07, 6.45) is 11.0. The number of nitrogens with two attached hydrogens (primary N) is 1. The van der Waals surface area contributed by atoms with E-state index in [2.05, 4.69) is 17.1 Å². The molecule has 2 aliphatic carbocycles. The van der Waals surface area contributed by atoms with Gasteiger partial charge < -0.3 is 11.1 Å². The quantitative estimate of drug-likeness (QED) is 0.818. The first kappa shape index (κ1) is 17.2. The minimum absolute atomic E-state index is 0.216. The van der Waals surface area contributed by atoms with Crippen molar-refractivity contribution < 1.29 is 4.79 Å². The Hall–Kier alpha value is -0.610. The lowest BCUT2D eigenvalue weighted by Crippen LogP contribution is -2.50. The average molecular weight is 322 g/mol. The standard InChI is InChI=1S/C19H35N3O/c1-2-17-8-3-4-10-22(17)11-9-21-19(23)16-12-14-6-5-7-15(13-16)18(14)20/h14-18H,2-13,20H2,1H3,(H,21,23). The van der Waals surface area contributed by atoms with Crippen molar-refractivity contribution in [3.8, 4) is 0 Å². The zero-order valence-electron chi connectivity index (χ0n) is 14.8. The van der Waals surface area contributed by atoms with E-state index in [0.29, 0.717) is 23.8 Å². The van der Waals surface area contributed by atoms with Crippen molar-refractivity contribution in [1.29, 1.82) is 0 Å². The Morgan fingerprint density at radius 1 is 1.13 bits per heavy atom. The third-order valence-corrected chi connectivity index (χ3v) is 6.70. The minimum Gasteiger partial charge on any atom is -0.355 e. The summed E-state index contributed by atoms with van der Waals surface area (Å²) in [5.41, 5.74) is 6.34. The molecule has 2 saturated carbocycles. The molecule has 3 N–H and O–H groups in total. The maximum Gasteiger partial charge on any atom is 0.223 e. The zero-order valence-corrected chi connectivity index (χ0v) is 14.8. The van der Waals surface area contributed by atoms with Gasteiger partial charge in [0, 0.05) is 31.1 Å². The van der Waals surface area contributed by atoms with E-state index >= 15 is 0 Å². The summed E-state index contributed by atoms with van der Waals surface area (Å²) in [4.78, 5) is 15.1. The first-order chi connectivity index (χ1) is 11.2. The lowest BCUT2D eigenvalue weighted by Gasteiger charge is -2.43. The lowest BCUT2D eigenvalue weighted by molar-refractivity contribution is -0.128. The molecule has 0 aromatic carbocycles. The van der Waals surface area contributed by atoms with Crippen LogP contribution in [0.3, 0.4) is 0 Å². The fraction of sp³-hybridized carbons (Fsp3) is 0.947. The highest BCUT2D eigenvalue weighted by atomic mass is 16.1. The molecule has 1 heterocycles. The predicted molar refractivity (Wildman–Crippen MR) is 94.0 cm³/mol. The summed E-state index contributed by atoms with van der Waals surface area (Å²) in [6.45, 7) is 5.32. The van der Waals surface area contributed by atoms with E-state index in [1.165, 1.54) is 51.5 Å². The number of carbonyl (C=O) groups excluding carboxylic acids is 1. The SMILES string of the molecule is CCC1CCCCN1CCNC(=O)C1CC2CCCC(C1)C2N. The maximum absolute atomic E-state index is 12.6. The van der Waals surface area contributed by atoms with Gasteiger partial charge in [-0.1, -0.05) is 19.8 Å². The van der Waals surface area contributed by atoms with E-state index in [1.54, 1.807) is 0 Å². The Kier molecular flexibility index (Phi) is 5.97. The smallest absolute Gasteiger partial charge is 0.223 e. The van der Waals surface area contributed by atoms with E-state index in [0.717, 1.165) is 32.0 Å². The van der Waals surface area contributed by atoms with Crippen LogP contribution in [0, 0.1) is 17.8 Å². The van der Waals surface area contributed by atoms with Crippen molar-refractivity contribution in [2.75, 3.05) is 19.6 Å². The van der Waals surface area contributed by atoms with E-state index in [4.69, 9.17) is 5.73 Å². The normalized spacial score (nSPS) is 38.3. The number of hydrogen-bond acceptors (Lipinski definition) is 3. The topological polar surface area (TPSA) is 58.4 Å². The van der Waals surface area contributed by atoms with Crippen LogP contribution in [0.25, 0.3) is 0 Å². The van der Waals surface area contributed by atoms with Gasteiger partial charge >= 0.3 is 0 Å². The summed E-state index contributed by atoms with van der Waals surface area (Å²) in [7, 11) is 0. The number of nitrogens with zero attached hydrogens (tertiary/aromatic N) is 1. The molecule has 0 aromatic heterocycles. The van der Waals surface area contributed by atoms with Gasteiger partial charge in [0.2, 0.25) is 5.91 Å². The van der Waals surface area contributed by atoms with E-state index in [1.807, 2.05) is 0 Å². The van der Waals surface area contributed by atoms with Crippen LogP contribution in [0.2, 0.25) is 0 Å². The van der Waals surface area contributed by atoms with Crippen LogP contribution in [-0.4, -0.2) is 42.5 Å². The molecular formula is C19H35N3O. The molecule has 3 atom stereocenters. The summed E-state index contributed by atoms with van der Waals surface area (Å²) in [5.74, 6) is 1.68. The Labute approximate surface area is 141 Å². The third kappa shape index (κ3) is 4.08. The molecule has 132 valence electrons. The summed E-state index contributed by atoms with van der Waals surface area (Å²) in [5, 5.41) is 3.23. The molecule has 0 aromatic rings. The molecule has 1 saturated heterocycles. The molecular weight excluding hydrogens is 286 g/mol. The molecule has 0 radical (unpaired) electrons. The van der Waals surface area contributed by atoms with E-state index in [9.17, 15) is 4.79 Å². The second-order valence-corrected chi connectivity index (χ2v) is 8.08. The zero-order chi connectivity index (χ0) is 16.2. The van der Waals surface area contributed by atoms with Crippen LogP contribution in [0.5, 0.6) is 0 Å². The molecule has 3 fully saturated rings. The minimum atomic E-state index is 0.216. The Morgan fingerprint density at radius 3 is 2.57 bits per heavy atom. The van der Waals surface area contributed by atoms with Crippen molar-refractivity contribution in [1.82, 2.24) is 10.2 Å². The fourth-order valence-electron chi connectivity index (χ4n) is 5.29. The number of rotatable bonds is 5. The average Bonchev–Trinajstić information content (AvgIpc) is 2.55. The Morgan fingerprint density at radius 2 is 1.87 bits per heavy atom.